The van der Waals surface area contributed by atoms with Crippen molar-refractivity contribution in [2.75, 3.05) is 26.2 Å². The second-order valence-electron chi connectivity index (χ2n) is 6.60. The van der Waals surface area contributed by atoms with Gasteiger partial charge in [0.15, 0.2) is 5.79 Å². The van der Waals surface area contributed by atoms with E-state index < -0.39 is 0 Å². The van der Waals surface area contributed by atoms with Crippen molar-refractivity contribution in [3.8, 4) is 0 Å². The molecule has 0 aromatic carbocycles. The van der Waals surface area contributed by atoms with Crippen molar-refractivity contribution < 1.29 is 14.3 Å². The van der Waals surface area contributed by atoms with Crippen LogP contribution in [0, 0.1) is 0 Å². The zero-order valence-electron chi connectivity index (χ0n) is 14.4. The molecule has 0 aromatic rings. The molecule has 1 saturated carbocycles. The van der Waals surface area contributed by atoms with Crippen molar-refractivity contribution in [1.29, 1.82) is 0 Å². The Morgan fingerprint density at radius 2 is 1.95 bits per heavy atom. The molecule has 5 nitrogen and oxygen atoms in total. The number of amides is 1. The van der Waals surface area contributed by atoms with E-state index in [2.05, 4.69) is 12.2 Å². The Bertz CT molecular complexity index is 352. The average molecular weight is 312 g/mol. The fraction of sp³-hybridized carbons (Fsp3) is 0.941. The Morgan fingerprint density at radius 1 is 1.27 bits per heavy atom. The van der Waals surface area contributed by atoms with Gasteiger partial charge >= 0.3 is 0 Å². The van der Waals surface area contributed by atoms with E-state index in [9.17, 15) is 4.79 Å². The molecule has 1 saturated heterocycles. The second-order valence-corrected chi connectivity index (χ2v) is 6.60. The third-order valence-corrected chi connectivity index (χ3v) is 4.82. The lowest BCUT2D eigenvalue weighted by molar-refractivity contribution is -0.186. The van der Waals surface area contributed by atoms with Crippen LogP contribution in [0.3, 0.4) is 0 Å². The zero-order valence-corrected chi connectivity index (χ0v) is 14.4. The monoisotopic (exact) mass is 312 g/mol. The van der Waals surface area contributed by atoms with Gasteiger partial charge in [0.25, 0.3) is 0 Å². The molecule has 5 heteroatoms. The molecule has 1 heterocycles. The Balaban J connectivity index is 1.68. The minimum Gasteiger partial charge on any atom is -0.347 e. The summed E-state index contributed by atoms with van der Waals surface area (Å²) in [5.74, 6) is -0.0810. The molecule has 2 fully saturated rings. The summed E-state index contributed by atoms with van der Waals surface area (Å²) < 4.78 is 12.1. The van der Waals surface area contributed by atoms with Crippen molar-refractivity contribution in [2.45, 2.75) is 77.2 Å². The first kappa shape index (κ1) is 17.7. The quantitative estimate of drug-likeness (QED) is 0.784. The smallest absolute Gasteiger partial charge is 0.224 e. The Kier molecular flexibility index (Phi) is 6.66. The third kappa shape index (κ3) is 4.67. The van der Waals surface area contributed by atoms with Crippen LogP contribution < -0.4 is 5.32 Å². The van der Waals surface area contributed by atoms with Gasteiger partial charge < -0.3 is 19.7 Å². The number of ether oxygens (including phenoxy) is 2. The first-order valence-corrected chi connectivity index (χ1v) is 8.91. The molecule has 1 amide bonds. The topological polar surface area (TPSA) is 50.8 Å². The Morgan fingerprint density at radius 3 is 2.59 bits per heavy atom. The number of nitrogens with zero attached hydrogens (tertiary/aromatic N) is 1. The summed E-state index contributed by atoms with van der Waals surface area (Å²) in [5, 5.41) is 3.43. The zero-order chi connectivity index (χ0) is 16.0. The highest BCUT2D eigenvalue weighted by atomic mass is 16.7. The van der Waals surface area contributed by atoms with Crippen LogP contribution in [-0.2, 0) is 14.3 Å². The van der Waals surface area contributed by atoms with Crippen LogP contribution in [-0.4, -0.2) is 55.0 Å². The van der Waals surface area contributed by atoms with Gasteiger partial charge in [0.05, 0.1) is 12.7 Å². The second kappa shape index (κ2) is 8.27. The minimum atomic E-state index is -0.301. The number of carbonyl (C=O) groups is 1. The lowest BCUT2D eigenvalue weighted by Crippen LogP contribution is -2.41. The lowest BCUT2D eigenvalue weighted by Gasteiger charge is -2.31. The molecule has 2 rings (SSSR count). The molecular formula is C17H32N2O3. The first-order chi connectivity index (χ1) is 10.6. The first-order valence-electron chi connectivity index (χ1n) is 8.91. The molecule has 1 aliphatic carbocycles. The van der Waals surface area contributed by atoms with Gasteiger partial charge in [0.1, 0.15) is 0 Å². The minimum absolute atomic E-state index is 0.115. The SMILES string of the molecule is CCN(CC)C(=O)C[C@H](C)NC[C@H]1COC2(CCCCC2)O1. The van der Waals surface area contributed by atoms with Gasteiger partial charge in [-0.1, -0.05) is 6.42 Å². The number of hydrogen-bond donors (Lipinski definition) is 1. The van der Waals surface area contributed by atoms with Crippen LogP contribution in [0.2, 0.25) is 0 Å². The van der Waals surface area contributed by atoms with E-state index in [1.807, 2.05) is 18.7 Å². The Labute approximate surface area is 134 Å². The normalized spacial score (nSPS) is 25.3. The molecule has 2 atom stereocenters. The predicted octanol–water partition coefficient (Wildman–Crippen LogP) is 2.30. The maximum atomic E-state index is 12.1. The van der Waals surface area contributed by atoms with Crippen molar-refractivity contribution in [3.63, 3.8) is 0 Å². The summed E-state index contributed by atoms with van der Waals surface area (Å²) in [7, 11) is 0. The summed E-state index contributed by atoms with van der Waals surface area (Å²) >= 11 is 0. The summed E-state index contributed by atoms with van der Waals surface area (Å²) in [6.45, 7) is 9.10. The summed E-state index contributed by atoms with van der Waals surface area (Å²) in [4.78, 5) is 14.0. The van der Waals surface area contributed by atoms with Crippen LogP contribution in [0.25, 0.3) is 0 Å². The van der Waals surface area contributed by atoms with Crippen LogP contribution in [0.4, 0.5) is 0 Å². The fourth-order valence-electron chi connectivity index (χ4n) is 3.44. The highest BCUT2D eigenvalue weighted by Crippen LogP contribution is 2.37. The lowest BCUT2D eigenvalue weighted by atomic mass is 9.94. The molecule has 128 valence electrons. The number of rotatable bonds is 7. The molecule has 1 N–H and O–H groups in total. The van der Waals surface area contributed by atoms with Crippen molar-refractivity contribution in [1.82, 2.24) is 10.2 Å². The largest absolute Gasteiger partial charge is 0.347 e. The van der Waals surface area contributed by atoms with E-state index in [1.165, 1.54) is 19.3 Å². The van der Waals surface area contributed by atoms with Crippen molar-refractivity contribution in [3.05, 3.63) is 0 Å². The van der Waals surface area contributed by atoms with Crippen LogP contribution in [0.5, 0.6) is 0 Å². The van der Waals surface area contributed by atoms with Crippen LogP contribution in [0.1, 0.15) is 59.3 Å². The molecular weight excluding hydrogens is 280 g/mol. The van der Waals surface area contributed by atoms with E-state index in [0.717, 1.165) is 32.5 Å². The van der Waals surface area contributed by atoms with Gasteiger partial charge in [-0.25, -0.2) is 0 Å². The van der Waals surface area contributed by atoms with Crippen molar-refractivity contribution in [2.24, 2.45) is 0 Å². The summed E-state index contributed by atoms with van der Waals surface area (Å²) in [6.07, 6.45) is 6.41. The summed E-state index contributed by atoms with van der Waals surface area (Å²) in [5.41, 5.74) is 0. The highest BCUT2D eigenvalue weighted by molar-refractivity contribution is 5.76. The van der Waals surface area contributed by atoms with E-state index >= 15 is 0 Å². The number of carbonyl (C=O) groups excluding carboxylic acids is 1. The van der Waals surface area contributed by atoms with Gasteiger partial charge in [-0.15, -0.1) is 0 Å². The van der Waals surface area contributed by atoms with E-state index in [0.29, 0.717) is 13.0 Å². The maximum Gasteiger partial charge on any atom is 0.224 e. The van der Waals surface area contributed by atoms with Gasteiger partial charge in [-0.05, 0) is 33.6 Å². The molecule has 0 unspecified atom stereocenters. The van der Waals surface area contributed by atoms with Crippen LogP contribution in [0.15, 0.2) is 0 Å². The summed E-state index contributed by atoms with van der Waals surface area (Å²) in [6, 6.07) is 0.166. The average Bonchev–Trinajstić information content (AvgIpc) is 2.90. The highest BCUT2D eigenvalue weighted by Gasteiger charge is 2.42. The van der Waals surface area contributed by atoms with E-state index in [4.69, 9.17) is 9.47 Å². The molecule has 22 heavy (non-hydrogen) atoms. The maximum absolute atomic E-state index is 12.1. The van der Waals surface area contributed by atoms with Crippen molar-refractivity contribution >= 4 is 5.91 Å². The van der Waals surface area contributed by atoms with Gasteiger partial charge in [0, 0.05) is 44.9 Å². The van der Waals surface area contributed by atoms with E-state index in [1.54, 1.807) is 0 Å². The Hall–Kier alpha value is -0.650. The van der Waals surface area contributed by atoms with Gasteiger partial charge in [-0.2, -0.15) is 0 Å². The van der Waals surface area contributed by atoms with E-state index in [-0.39, 0.29) is 23.8 Å². The fourth-order valence-corrected chi connectivity index (χ4v) is 3.44. The number of hydrogen-bond acceptors (Lipinski definition) is 4. The molecule has 0 aromatic heterocycles. The molecule has 2 aliphatic rings. The number of nitrogens with one attached hydrogen (secondary N) is 1. The van der Waals surface area contributed by atoms with Crippen LogP contribution >= 0.6 is 0 Å². The molecule has 0 bridgehead atoms. The molecule has 1 aliphatic heterocycles. The third-order valence-electron chi connectivity index (χ3n) is 4.82. The van der Waals surface area contributed by atoms with Gasteiger partial charge in [0.2, 0.25) is 5.91 Å². The standard InChI is InChI=1S/C17H32N2O3/c1-4-19(5-2)16(20)11-14(3)18-12-15-13-21-17(22-15)9-7-6-8-10-17/h14-15,18H,4-13H2,1-3H3/t14-,15-/m0/s1. The molecule has 0 radical (unpaired) electrons. The van der Waals surface area contributed by atoms with Gasteiger partial charge in [-0.3, -0.25) is 4.79 Å². The molecule has 1 spiro atoms. The predicted molar refractivity (Wildman–Crippen MR) is 86.7 cm³/mol.